The summed E-state index contributed by atoms with van der Waals surface area (Å²) >= 11 is 6.07. The van der Waals surface area contributed by atoms with Crippen molar-refractivity contribution in [3.63, 3.8) is 0 Å². The normalized spacial score (nSPS) is 12.1. The number of anilines is 2. The number of rotatable bonds is 4. The SMILES string of the molecule is Cc1cc(Nc2cc(S(=O)c3ccccc3)cc(Cl)n2)nn1C. The van der Waals surface area contributed by atoms with Crippen molar-refractivity contribution in [3.05, 3.63) is 59.4 Å². The Bertz CT molecular complexity index is 844. The summed E-state index contributed by atoms with van der Waals surface area (Å²) in [6.45, 7) is 1.96. The van der Waals surface area contributed by atoms with Gasteiger partial charge < -0.3 is 5.32 Å². The third-order valence-corrected chi connectivity index (χ3v) is 4.87. The highest BCUT2D eigenvalue weighted by molar-refractivity contribution is 7.85. The lowest BCUT2D eigenvalue weighted by molar-refractivity contribution is 0.683. The minimum atomic E-state index is -1.31. The van der Waals surface area contributed by atoms with E-state index < -0.39 is 10.8 Å². The molecule has 0 saturated carbocycles. The standard InChI is InChI=1S/C16H15ClN4OS/c1-11-8-16(20-21(11)2)19-15-10-13(9-14(17)18-15)23(22)12-6-4-3-5-7-12/h3-10H,1-2H3,(H,18,19,20). The lowest BCUT2D eigenvalue weighted by atomic mass is 10.4. The summed E-state index contributed by atoms with van der Waals surface area (Å²) in [5, 5.41) is 7.69. The summed E-state index contributed by atoms with van der Waals surface area (Å²) in [5.74, 6) is 1.17. The molecule has 0 aliphatic carbocycles. The molecule has 0 spiro atoms. The number of hydrogen-bond acceptors (Lipinski definition) is 4. The van der Waals surface area contributed by atoms with E-state index in [2.05, 4.69) is 15.4 Å². The molecule has 118 valence electrons. The summed E-state index contributed by atoms with van der Waals surface area (Å²) in [7, 11) is 0.548. The minimum Gasteiger partial charge on any atom is -0.323 e. The molecule has 1 N–H and O–H groups in total. The first-order chi connectivity index (χ1) is 11.0. The Morgan fingerprint density at radius 3 is 2.48 bits per heavy atom. The van der Waals surface area contributed by atoms with E-state index in [0.29, 0.717) is 16.5 Å². The molecule has 1 atom stereocenters. The third kappa shape index (κ3) is 3.60. The van der Waals surface area contributed by atoms with E-state index in [-0.39, 0.29) is 5.15 Å². The van der Waals surface area contributed by atoms with Gasteiger partial charge in [0.25, 0.3) is 0 Å². The minimum absolute atomic E-state index is 0.280. The first kappa shape index (κ1) is 15.7. The molecule has 0 amide bonds. The highest BCUT2D eigenvalue weighted by Crippen LogP contribution is 2.23. The fourth-order valence-electron chi connectivity index (χ4n) is 2.08. The van der Waals surface area contributed by atoms with Crippen LogP contribution in [0.2, 0.25) is 5.15 Å². The number of nitrogens with zero attached hydrogens (tertiary/aromatic N) is 3. The molecular weight excluding hydrogens is 332 g/mol. The third-order valence-electron chi connectivity index (χ3n) is 3.31. The van der Waals surface area contributed by atoms with Crippen LogP contribution in [-0.4, -0.2) is 19.0 Å². The molecule has 0 saturated heterocycles. The largest absolute Gasteiger partial charge is 0.323 e. The molecule has 23 heavy (non-hydrogen) atoms. The van der Waals surface area contributed by atoms with Gasteiger partial charge in [0.2, 0.25) is 0 Å². The fraction of sp³-hybridized carbons (Fsp3) is 0.125. The van der Waals surface area contributed by atoms with Crippen LogP contribution in [-0.2, 0) is 17.8 Å². The predicted molar refractivity (Wildman–Crippen MR) is 91.6 cm³/mol. The van der Waals surface area contributed by atoms with E-state index in [1.165, 1.54) is 0 Å². The Morgan fingerprint density at radius 2 is 1.83 bits per heavy atom. The molecule has 0 aliphatic rings. The Balaban J connectivity index is 1.91. The molecule has 5 nitrogen and oxygen atoms in total. The van der Waals surface area contributed by atoms with E-state index in [1.54, 1.807) is 16.8 Å². The Morgan fingerprint density at radius 1 is 1.09 bits per heavy atom. The summed E-state index contributed by atoms with van der Waals surface area (Å²) < 4.78 is 14.4. The Kier molecular flexibility index (Phi) is 4.45. The lowest BCUT2D eigenvalue weighted by Crippen LogP contribution is -1.99. The number of aromatic nitrogens is 3. The van der Waals surface area contributed by atoms with Gasteiger partial charge in [-0.15, -0.1) is 0 Å². The van der Waals surface area contributed by atoms with Gasteiger partial charge in [-0.25, -0.2) is 9.19 Å². The van der Waals surface area contributed by atoms with Crippen molar-refractivity contribution >= 4 is 34.0 Å². The van der Waals surface area contributed by atoms with Crippen molar-refractivity contribution in [2.75, 3.05) is 5.32 Å². The van der Waals surface area contributed by atoms with Crippen LogP contribution in [0.3, 0.4) is 0 Å². The highest BCUT2D eigenvalue weighted by Gasteiger charge is 2.11. The molecule has 1 unspecified atom stereocenters. The first-order valence-electron chi connectivity index (χ1n) is 6.95. The van der Waals surface area contributed by atoms with Crippen LogP contribution >= 0.6 is 11.6 Å². The Labute approximate surface area is 141 Å². The number of aryl methyl sites for hydroxylation is 2. The smallest absolute Gasteiger partial charge is 0.153 e. The topological polar surface area (TPSA) is 59.8 Å². The molecule has 0 radical (unpaired) electrons. The number of nitrogens with one attached hydrogen (secondary N) is 1. The monoisotopic (exact) mass is 346 g/mol. The lowest BCUT2D eigenvalue weighted by Gasteiger charge is -2.07. The van der Waals surface area contributed by atoms with Gasteiger partial charge in [0.05, 0.1) is 15.7 Å². The number of hydrogen-bond donors (Lipinski definition) is 1. The maximum absolute atomic E-state index is 12.6. The number of pyridine rings is 1. The second kappa shape index (κ2) is 6.52. The van der Waals surface area contributed by atoms with Gasteiger partial charge in [0, 0.05) is 23.7 Å². The zero-order chi connectivity index (χ0) is 16.4. The van der Waals surface area contributed by atoms with Crippen LogP contribution in [0.5, 0.6) is 0 Å². The zero-order valence-corrected chi connectivity index (χ0v) is 14.2. The van der Waals surface area contributed by atoms with Crippen LogP contribution in [0, 0.1) is 6.92 Å². The van der Waals surface area contributed by atoms with Crippen molar-refractivity contribution in [1.29, 1.82) is 0 Å². The van der Waals surface area contributed by atoms with Gasteiger partial charge in [-0.05, 0) is 31.2 Å². The zero-order valence-electron chi connectivity index (χ0n) is 12.7. The summed E-state index contributed by atoms with van der Waals surface area (Å²) in [4.78, 5) is 5.52. The molecule has 3 rings (SSSR count). The Hall–Kier alpha value is -2.18. The van der Waals surface area contributed by atoms with Gasteiger partial charge in [-0.2, -0.15) is 5.10 Å². The second-order valence-electron chi connectivity index (χ2n) is 5.01. The predicted octanol–water partition coefficient (Wildman–Crippen LogP) is 3.69. The van der Waals surface area contributed by atoms with Crippen molar-refractivity contribution in [2.24, 2.45) is 7.05 Å². The van der Waals surface area contributed by atoms with Crippen LogP contribution in [0.25, 0.3) is 0 Å². The van der Waals surface area contributed by atoms with E-state index in [1.807, 2.05) is 50.4 Å². The molecular formula is C16H15ClN4OS. The number of halogens is 1. The number of benzene rings is 1. The summed E-state index contributed by atoms with van der Waals surface area (Å²) in [6.07, 6.45) is 0. The molecule has 2 heterocycles. The molecule has 2 aromatic heterocycles. The molecule has 7 heteroatoms. The molecule has 0 bridgehead atoms. The molecule has 0 fully saturated rings. The highest BCUT2D eigenvalue weighted by atomic mass is 35.5. The van der Waals surface area contributed by atoms with E-state index in [4.69, 9.17) is 11.6 Å². The molecule has 1 aromatic carbocycles. The van der Waals surface area contributed by atoms with Gasteiger partial charge in [0.15, 0.2) is 5.82 Å². The molecule has 3 aromatic rings. The quantitative estimate of drug-likeness (QED) is 0.732. The van der Waals surface area contributed by atoms with Crippen molar-refractivity contribution < 1.29 is 4.21 Å². The first-order valence-corrected chi connectivity index (χ1v) is 8.48. The van der Waals surface area contributed by atoms with Crippen LogP contribution in [0.1, 0.15) is 5.69 Å². The second-order valence-corrected chi connectivity index (χ2v) is 6.88. The van der Waals surface area contributed by atoms with Crippen LogP contribution < -0.4 is 5.32 Å². The van der Waals surface area contributed by atoms with Crippen molar-refractivity contribution in [2.45, 2.75) is 16.7 Å². The van der Waals surface area contributed by atoms with Gasteiger partial charge >= 0.3 is 0 Å². The average Bonchev–Trinajstić information content (AvgIpc) is 2.84. The van der Waals surface area contributed by atoms with Crippen molar-refractivity contribution in [3.8, 4) is 0 Å². The van der Waals surface area contributed by atoms with Gasteiger partial charge in [0.1, 0.15) is 11.0 Å². The van der Waals surface area contributed by atoms with E-state index in [9.17, 15) is 4.21 Å². The summed E-state index contributed by atoms with van der Waals surface area (Å²) in [5.41, 5.74) is 1.02. The van der Waals surface area contributed by atoms with Crippen LogP contribution in [0.4, 0.5) is 11.6 Å². The van der Waals surface area contributed by atoms with Crippen LogP contribution in [0.15, 0.2) is 58.3 Å². The van der Waals surface area contributed by atoms with E-state index >= 15 is 0 Å². The van der Waals surface area contributed by atoms with Gasteiger partial charge in [-0.1, -0.05) is 29.8 Å². The van der Waals surface area contributed by atoms with Gasteiger partial charge in [-0.3, -0.25) is 4.68 Å². The fourth-order valence-corrected chi connectivity index (χ4v) is 3.46. The summed E-state index contributed by atoms with van der Waals surface area (Å²) in [6, 6.07) is 14.5. The van der Waals surface area contributed by atoms with Crippen molar-refractivity contribution in [1.82, 2.24) is 14.8 Å². The maximum Gasteiger partial charge on any atom is 0.153 e. The van der Waals surface area contributed by atoms with E-state index in [0.717, 1.165) is 10.6 Å². The maximum atomic E-state index is 12.6. The molecule has 0 aliphatic heterocycles. The average molecular weight is 347 g/mol.